The van der Waals surface area contributed by atoms with Gasteiger partial charge in [0, 0.05) is 22.8 Å². The number of carbonyl (C=O) groups is 1. The van der Waals surface area contributed by atoms with Gasteiger partial charge in [-0.3, -0.25) is 4.79 Å². The Bertz CT molecular complexity index is 898. The number of aromatic amines is 1. The highest BCUT2D eigenvalue weighted by molar-refractivity contribution is 6.01. The number of rotatable bonds is 5. The topological polar surface area (TPSA) is 54.1 Å². The van der Waals surface area contributed by atoms with E-state index in [0.29, 0.717) is 17.8 Å². The molecule has 5 heteroatoms. The van der Waals surface area contributed by atoms with Gasteiger partial charge in [0.1, 0.15) is 11.6 Å². The van der Waals surface area contributed by atoms with Crippen molar-refractivity contribution in [1.29, 1.82) is 0 Å². The van der Waals surface area contributed by atoms with Crippen molar-refractivity contribution in [2.24, 2.45) is 0 Å². The molecular formula is C20H21FN2O2. The summed E-state index contributed by atoms with van der Waals surface area (Å²) in [5.41, 5.74) is 1.42. The third-order valence-electron chi connectivity index (χ3n) is 4.31. The molecule has 1 aromatic heterocycles. The van der Waals surface area contributed by atoms with Crippen molar-refractivity contribution in [3.05, 3.63) is 60.0 Å². The molecule has 25 heavy (non-hydrogen) atoms. The first kappa shape index (κ1) is 17.0. The molecule has 3 rings (SSSR count). The lowest BCUT2D eigenvalue weighted by Gasteiger charge is -2.23. The van der Waals surface area contributed by atoms with Crippen LogP contribution in [0.25, 0.3) is 10.9 Å². The number of nitrogens with one attached hydrogen (secondary N) is 2. The van der Waals surface area contributed by atoms with Crippen molar-refractivity contribution < 1.29 is 13.9 Å². The molecule has 0 saturated carbocycles. The fourth-order valence-corrected chi connectivity index (χ4v) is 2.83. The van der Waals surface area contributed by atoms with Gasteiger partial charge < -0.3 is 15.0 Å². The number of aromatic nitrogens is 1. The molecule has 0 atom stereocenters. The Kier molecular flexibility index (Phi) is 4.49. The van der Waals surface area contributed by atoms with Crippen LogP contribution in [0.1, 0.15) is 26.3 Å². The molecular weight excluding hydrogens is 319 g/mol. The summed E-state index contributed by atoms with van der Waals surface area (Å²) in [6, 6.07) is 11.8. The molecule has 0 aliphatic rings. The van der Waals surface area contributed by atoms with E-state index in [1.807, 2.05) is 45.0 Å². The summed E-state index contributed by atoms with van der Waals surface area (Å²) in [6.07, 6.45) is 1.77. The van der Waals surface area contributed by atoms with E-state index in [4.69, 9.17) is 4.74 Å². The van der Waals surface area contributed by atoms with Crippen molar-refractivity contribution in [2.75, 3.05) is 11.9 Å². The van der Waals surface area contributed by atoms with Crippen molar-refractivity contribution >= 4 is 22.5 Å². The number of carbonyl (C=O) groups excluding carboxylic acids is 1. The van der Waals surface area contributed by atoms with E-state index in [9.17, 15) is 9.18 Å². The van der Waals surface area contributed by atoms with Gasteiger partial charge in [-0.25, -0.2) is 4.39 Å². The maximum Gasteiger partial charge on any atom is 0.234 e. The maximum atomic E-state index is 13.4. The van der Waals surface area contributed by atoms with E-state index in [-0.39, 0.29) is 11.7 Å². The summed E-state index contributed by atoms with van der Waals surface area (Å²) in [6.45, 7) is 6.22. The molecule has 0 aliphatic heterocycles. The van der Waals surface area contributed by atoms with Gasteiger partial charge in [-0.1, -0.05) is 0 Å². The number of benzene rings is 2. The molecule has 0 fully saturated rings. The zero-order valence-corrected chi connectivity index (χ0v) is 14.5. The van der Waals surface area contributed by atoms with E-state index in [1.54, 1.807) is 12.3 Å². The van der Waals surface area contributed by atoms with Gasteiger partial charge in [-0.15, -0.1) is 0 Å². The Labute approximate surface area is 146 Å². The number of halogens is 1. The van der Waals surface area contributed by atoms with Gasteiger partial charge >= 0.3 is 0 Å². The van der Waals surface area contributed by atoms with E-state index < -0.39 is 5.41 Å². The molecule has 2 N–H and O–H groups in total. The number of ether oxygens (including phenoxy) is 1. The van der Waals surface area contributed by atoms with Crippen LogP contribution >= 0.6 is 0 Å². The number of fused-ring (bicyclic) bond motifs is 1. The van der Waals surface area contributed by atoms with Crippen LogP contribution in [0.2, 0.25) is 0 Å². The van der Waals surface area contributed by atoms with Gasteiger partial charge in [-0.05, 0) is 68.8 Å². The van der Waals surface area contributed by atoms with Crippen LogP contribution < -0.4 is 10.1 Å². The van der Waals surface area contributed by atoms with Crippen molar-refractivity contribution in [3.63, 3.8) is 0 Å². The lowest BCUT2D eigenvalue weighted by Crippen LogP contribution is -2.34. The first-order valence-corrected chi connectivity index (χ1v) is 8.23. The van der Waals surface area contributed by atoms with Crippen LogP contribution in [0.5, 0.6) is 5.75 Å². The third kappa shape index (κ3) is 3.36. The second kappa shape index (κ2) is 6.59. The molecule has 2 aromatic carbocycles. The molecule has 3 aromatic rings. The summed E-state index contributed by atoms with van der Waals surface area (Å²) in [5.74, 6) is 0.317. The molecule has 1 heterocycles. The highest BCUT2D eigenvalue weighted by atomic mass is 19.1. The molecule has 0 saturated heterocycles. The van der Waals surface area contributed by atoms with E-state index in [1.165, 1.54) is 12.1 Å². The lowest BCUT2D eigenvalue weighted by molar-refractivity contribution is -0.120. The van der Waals surface area contributed by atoms with E-state index in [2.05, 4.69) is 10.3 Å². The van der Waals surface area contributed by atoms with Gasteiger partial charge in [0.15, 0.2) is 0 Å². The van der Waals surface area contributed by atoms with Crippen LogP contribution in [0.4, 0.5) is 10.1 Å². The predicted octanol–water partition coefficient (Wildman–Crippen LogP) is 4.62. The van der Waals surface area contributed by atoms with Crippen LogP contribution in [0.3, 0.4) is 0 Å². The molecule has 0 aliphatic carbocycles. The minimum atomic E-state index is -0.783. The normalized spacial score (nSPS) is 11.5. The highest BCUT2D eigenvalue weighted by Crippen LogP contribution is 2.32. The van der Waals surface area contributed by atoms with Crippen LogP contribution in [-0.4, -0.2) is 17.5 Å². The lowest BCUT2D eigenvalue weighted by atomic mass is 9.83. The van der Waals surface area contributed by atoms with Crippen molar-refractivity contribution in [3.8, 4) is 5.75 Å². The van der Waals surface area contributed by atoms with E-state index in [0.717, 1.165) is 16.7 Å². The number of hydrogen-bond acceptors (Lipinski definition) is 2. The van der Waals surface area contributed by atoms with Gasteiger partial charge in [0.25, 0.3) is 0 Å². The number of amides is 1. The molecule has 0 unspecified atom stereocenters. The average Bonchev–Trinajstić information content (AvgIpc) is 3.00. The fraction of sp³-hybridized carbons (Fsp3) is 0.250. The Balaban J connectivity index is 1.84. The van der Waals surface area contributed by atoms with Crippen LogP contribution in [0.15, 0.2) is 48.7 Å². The van der Waals surface area contributed by atoms with Crippen molar-refractivity contribution in [1.82, 2.24) is 4.98 Å². The summed E-state index contributed by atoms with van der Waals surface area (Å²) >= 11 is 0. The molecule has 0 bridgehead atoms. The fourth-order valence-electron chi connectivity index (χ4n) is 2.83. The predicted molar refractivity (Wildman–Crippen MR) is 97.5 cm³/mol. The second-order valence-electron chi connectivity index (χ2n) is 6.43. The highest BCUT2D eigenvalue weighted by Gasteiger charge is 2.32. The van der Waals surface area contributed by atoms with Gasteiger partial charge in [-0.2, -0.15) is 0 Å². The summed E-state index contributed by atoms with van der Waals surface area (Å²) in [7, 11) is 0. The molecule has 0 spiro atoms. The summed E-state index contributed by atoms with van der Waals surface area (Å²) in [5, 5.41) is 3.77. The molecule has 4 nitrogen and oxygen atoms in total. The largest absolute Gasteiger partial charge is 0.494 e. The first-order valence-electron chi connectivity index (χ1n) is 8.23. The molecule has 1 amide bonds. The molecule has 130 valence electrons. The van der Waals surface area contributed by atoms with Crippen LogP contribution in [0, 0.1) is 5.82 Å². The summed E-state index contributed by atoms with van der Waals surface area (Å²) < 4.78 is 18.8. The van der Waals surface area contributed by atoms with Gasteiger partial charge in [0.05, 0.1) is 12.0 Å². The number of H-pyrrole nitrogens is 1. The SMILES string of the molecule is CCOc1ccc(NC(=O)C(C)(C)c2c[nH]c3cc(F)ccc23)cc1. The summed E-state index contributed by atoms with van der Waals surface area (Å²) in [4.78, 5) is 15.9. The minimum Gasteiger partial charge on any atom is -0.494 e. The maximum absolute atomic E-state index is 13.4. The minimum absolute atomic E-state index is 0.137. The van der Waals surface area contributed by atoms with Crippen LogP contribution in [-0.2, 0) is 10.2 Å². The number of anilines is 1. The smallest absolute Gasteiger partial charge is 0.234 e. The average molecular weight is 340 g/mol. The molecule has 0 radical (unpaired) electrons. The quantitative estimate of drug-likeness (QED) is 0.712. The Morgan fingerprint density at radius 3 is 2.60 bits per heavy atom. The second-order valence-corrected chi connectivity index (χ2v) is 6.43. The van der Waals surface area contributed by atoms with Gasteiger partial charge in [0.2, 0.25) is 5.91 Å². The monoisotopic (exact) mass is 340 g/mol. The van der Waals surface area contributed by atoms with Crippen molar-refractivity contribution in [2.45, 2.75) is 26.2 Å². The van der Waals surface area contributed by atoms with E-state index >= 15 is 0 Å². The zero-order valence-electron chi connectivity index (χ0n) is 14.5. The number of hydrogen-bond donors (Lipinski definition) is 2. The standard InChI is InChI=1S/C20H21FN2O2/c1-4-25-15-8-6-14(7-9-15)23-19(24)20(2,3)17-12-22-18-11-13(21)5-10-16(17)18/h5-12,22H,4H2,1-3H3,(H,23,24). The zero-order chi connectivity index (χ0) is 18.0. The Hall–Kier alpha value is -2.82. The Morgan fingerprint density at radius 2 is 1.92 bits per heavy atom. The first-order chi connectivity index (χ1) is 11.9. The Morgan fingerprint density at radius 1 is 1.20 bits per heavy atom. The third-order valence-corrected chi connectivity index (χ3v) is 4.31.